The SMILES string of the molecule is CCN(C(=O)c1ccnnc1)C(C)CC(=O)O. The molecule has 1 heterocycles. The Hall–Kier alpha value is -1.98. The summed E-state index contributed by atoms with van der Waals surface area (Å²) in [6.45, 7) is 3.98. The van der Waals surface area contributed by atoms with Crippen LogP contribution in [0.3, 0.4) is 0 Å². The van der Waals surface area contributed by atoms with E-state index in [-0.39, 0.29) is 18.4 Å². The minimum atomic E-state index is -0.920. The third kappa shape index (κ3) is 3.51. The van der Waals surface area contributed by atoms with Crippen LogP contribution in [-0.4, -0.2) is 44.7 Å². The molecule has 0 radical (unpaired) electrons. The predicted octanol–water partition coefficient (Wildman–Crippen LogP) is 0.802. The zero-order chi connectivity index (χ0) is 12.8. The van der Waals surface area contributed by atoms with Gasteiger partial charge < -0.3 is 10.0 Å². The van der Waals surface area contributed by atoms with Crippen LogP contribution in [0.25, 0.3) is 0 Å². The quantitative estimate of drug-likeness (QED) is 0.819. The molecule has 0 bridgehead atoms. The molecule has 1 unspecified atom stereocenters. The van der Waals surface area contributed by atoms with Crippen LogP contribution in [0.5, 0.6) is 0 Å². The van der Waals surface area contributed by atoms with Crippen LogP contribution in [0.15, 0.2) is 18.5 Å². The molecule has 1 N–H and O–H groups in total. The van der Waals surface area contributed by atoms with Crippen molar-refractivity contribution < 1.29 is 14.7 Å². The average Bonchev–Trinajstić information content (AvgIpc) is 2.30. The van der Waals surface area contributed by atoms with Gasteiger partial charge in [0.2, 0.25) is 0 Å². The molecule has 0 spiro atoms. The van der Waals surface area contributed by atoms with Crippen LogP contribution in [0, 0.1) is 0 Å². The van der Waals surface area contributed by atoms with E-state index in [4.69, 9.17) is 5.11 Å². The maximum Gasteiger partial charge on any atom is 0.305 e. The van der Waals surface area contributed by atoms with E-state index in [0.717, 1.165) is 0 Å². The molecule has 1 amide bonds. The smallest absolute Gasteiger partial charge is 0.305 e. The van der Waals surface area contributed by atoms with Gasteiger partial charge in [-0.25, -0.2) is 0 Å². The minimum Gasteiger partial charge on any atom is -0.481 e. The van der Waals surface area contributed by atoms with Gasteiger partial charge in [0, 0.05) is 12.6 Å². The summed E-state index contributed by atoms with van der Waals surface area (Å²) in [4.78, 5) is 24.2. The van der Waals surface area contributed by atoms with Crippen LogP contribution in [0.1, 0.15) is 30.6 Å². The third-order valence-electron chi connectivity index (χ3n) is 2.43. The highest BCUT2D eigenvalue weighted by Gasteiger charge is 2.21. The molecule has 0 aliphatic heterocycles. The third-order valence-corrected chi connectivity index (χ3v) is 2.43. The molecule has 1 atom stereocenters. The highest BCUT2D eigenvalue weighted by Crippen LogP contribution is 2.09. The van der Waals surface area contributed by atoms with Gasteiger partial charge in [0.15, 0.2) is 0 Å². The Morgan fingerprint density at radius 3 is 2.65 bits per heavy atom. The maximum atomic E-state index is 12.1. The first-order valence-electron chi connectivity index (χ1n) is 5.35. The number of amides is 1. The summed E-state index contributed by atoms with van der Waals surface area (Å²) in [5.74, 6) is -1.15. The Balaban J connectivity index is 2.81. The van der Waals surface area contributed by atoms with Gasteiger partial charge in [0.25, 0.3) is 5.91 Å². The van der Waals surface area contributed by atoms with E-state index < -0.39 is 5.97 Å². The highest BCUT2D eigenvalue weighted by atomic mass is 16.4. The first-order valence-corrected chi connectivity index (χ1v) is 5.35. The molecule has 17 heavy (non-hydrogen) atoms. The van der Waals surface area contributed by atoms with Crippen LogP contribution in [0.4, 0.5) is 0 Å². The first kappa shape index (κ1) is 13.1. The summed E-state index contributed by atoms with van der Waals surface area (Å²) in [7, 11) is 0. The Bertz CT molecular complexity index is 394. The normalized spacial score (nSPS) is 11.9. The number of hydrogen-bond acceptors (Lipinski definition) is 4. The Kier molecular flexibility index (Phi) is 4.56. The van der Waals surface area contributed by atoms with E-state index in [1.807, 2.05) is 6.92 Å². The molecule has 6 nitrogen and oxygen atoms in total. The molecule has 0 fully saturated rings. The number of carbonyl (C=O) groups excluding carboxylic acids is 1. The molecule has 92 valence electrons. The first-order chi connectivity index (χ1) is 8.06. The molecule has 1 aromatic rings. The topological polar surface area (TPSA) is 83.4 Å². The van der Waals surface area contributed by atoms with Gasteiger partial charge in [-0.15, -0.1) is 0 Å². The van der Waals surface area contributed by atoms with E-state index in [1.165, 1.54) is 17.3 Å². The standard InChI is InChI=1S/C11H15N3O3/c1-3-14(8(2)6-10(15)16)11(17)9-4-5-12-13-7-9/h4-5,7-8H,3,6H2,1-2H3,(H,15,16). The van der Waals surface area contributed by atoms with Gasteiger partial charge in [-0.3, -0.25) is 9.59 Å². The van der Waals surface area contributed by atoms with E-state index in [1.54, 1.807) is 13.0 Å². The molecular formula is C11H15N3O3. The number of rotatable bonds is 5. The molecule has 0 aliphatic carbocycles. The van der Waals surface area contributed by atoms with Crippen molar-refractivity contribution in [2.24, 2.45) is 0 Å². The number of aromatic nitrogens is 2. The Labute approximate surface area is 99.3 Å². The molecular weight excluding hydrogens is 222 g/mol. The number of carbonyl (C=O) groups is 2. The fraction of sp³-hybridized carbons (Fsp3) is 0.455. The monoisotopic (exact) mass is 237 g/mol. The summed E-state index contributed by atoms with van der Waals surface area (Å²) in [5, 5.41) is 15.9. The highest BCUT2D eigenvalue weighted by molar-refractivity contribution is 5.94. The van der Waals surface area contributed by atoms with Crippen molar-refractivity contribution in [2.45, 2.75) is 26.3 Å². The van der Waals surface area contributed by atoms with Gasteiger partial charge >= 0.3 is 5.97 Å². The molecule has 0 saturated heterocycles. The summed E-state index contributed by atoms with van der Waals surface area (Å²) in [6.07, 6.45) is 2.74. The number of carboxylic acids is 1. The summed E-state index contributed by atoms with van der Waals surface area (Å²) >= 11 is 0. The molecule has 0 aromatic carbocycles. The van der Waals surface area contributed by atoms with Crippen LogP contribution < -0.4 is 0 Å². The van der Waals surface area contributed by atoms with Gasteiger partial charge in [0.1, 0.15) is 0 Å². The van der Waals surface area contributed by atoms with Crippen LogP contribution >= 0.6 is 0 Å². The summed E-state index contributed by atoms with van der Waals surface area (Å²) in [5.41, 5.74) is 0.416. The average molecular weight is 237 g/mol. The molecule has 1 rings (SSSR count). The van der Waals surface area contributed by atoms with Gasteiger partial charge in [-0.1, -0.05) is 0 Å². The van der Waals surface area contributed by atoms with Crippen molar-refractivity contribution in [3.63, 3.8) is 0 Å². The van der Waals surface area contributed by atoms with Crippen molar-refractivity contribution in [1.82, 2.24) is 15.1 Å². The van der Waals surface area contributed by atoms with Crippen LogP contribution in [0.2, 0.25) is 0 Å². The van der Waals surface area contributed by atoms with E-state index in [0.29, 0.717) is 12.1 Å². The van der Waals surface area contributed by atoms with E-state index in [2.05, 4.69) is 10.2 Å². The van der Waals surface area contributed by atoms with Crippen molar-refractivity contribution in [3.8, 4) is 0 Å². The number of aliphatic carboxylic acids is 1. The number of hydrogen-bond donors (Lipinski definition) is 1. The van der Waals surface area contributed by atoms with E-state index in [9.17, 15) is 9.59 Å². The van der Waals surface area contributed by atoms with Crippen LogP contribution in [-0.2, 0) is 4.79 Å². The van der Waals surface area contributed by atoms with Crippen molar-refractivity contribution in [2.75, 3.05) is 6.54 Å². The molecule has 1 aromatic heterocycles. The number of carboxylic acid groups (broad SMARTS) is 1. The fourth-order valence-electron chi connectivity index (χ4n) is 1.60. The molecule has 6 heteroatoms. The second kappa shape index (κ2) is 5.93. The predicted molar refractivity (Wildman–Crippen MR) is 60.5 cm³/mol. The lowest BCUT2D eigenvalue weighted by Crippen LogP contribution is -2.39. The number of nitrogens with zero attached hydrogens (tertiary/aromatic N) is 3. The van der Waals surface area contributed by atoms with Gasteiger partial charge in [-0.2, -0.15) is 10.2 Å². The zero-order valence-electron chi connectivity index (χ0n) is 9.83. The van der Waals surface area contributed by atoms with E-state index >= 15 is 0 Å². The zero-order valence-corrected chi connectivity index (χ0v) is 9.83. The lowest BCUT2D eigenvalue weighted by Gasteiger charge is -2.26. The maximum absolute atomic E-state index is 12.1. The van der Waals surface area contributed by atoms with Crippen molar-refractivity contribution >= 4 is 11.9 Å². The second-order valence-electron chi connectivity index (χ2n) is 3.67. The summed E-state index contributed by atoms with van der Waals surface area (Å²) < 4.78 is 0. The lowest BCUT2D eigenvalue weighted by molar-refractivity contribution is -0.138. The van der Waals surface area contributed by atoms with Crippen molar-refractivity contribution in [3.05, 3.63) is 24.0 Å². The minimum absolute atomic E-state index is 0.0713. The lowest BCUT2D eigenvalue weighted by atomic mass is 10.1. The van der Waals surface area contributed by atoms with Gasteiger partial charge in [-0.05, 0) is 19.9 Å². The Morgan fingerprint density at radius 2 is 2.18 bits per heavy atom. The Morgan fingerprint density at radius 1 is 1.47 bits per heavy atom. The largest absolute Gasteiger partial charge is 0.481 e. The second-order valence-corrected chi connectivity index (χ2v) is 3.67. The fourth-order valence-corrected chi connectivity index (χ4v) is 1.60. The summed E-state index contributed by atoms with van der Waals surface area (Å²) in [6, 6.07) is 1.21. The van der Waals surface area contributed by atoms with Gasteiger partial charge in [0.05, 0.1) is 24.4 Å². The molecule has 0 aliphatic rings. The molecule has 0 saturated carbocycles. The van der Waals surface area contributed by atoms with Crippen molar-refractivity contribution in [1.29, 1.82) is 0 Å².